The Morgan fingerprint density at radius 3 is 2.71 bits per heavy atom. The number of nitrogen functional groups attached to an aromatic ring is 1. The van der Waals surface area contributed by atoms with Crippen LogP contribution in [-0.4, -0.2) is 19.5 Å². The first-order valence-electron chi connectivity index (χ1n) is 5.29. The van der Waals surface area contributed by atoms with Crippen molar-refractivity contribution in [1.29, 1.82) is 5.26 Å². The Kier molecular flexibility index (Phi) is 4.35. The SMILES string of the molecule is CNC(=O)c1c(NCC(C)C)sc(C#N)c1N. The summed E-state index contributed by atoms with van der Waals surface area (Å²) >= 11 is 1.21. The van der Waals surface area contributed by atoms with Gasteiger partial charge in [0.15, 0.2) is 0 Å². The van der Waals surface area contributed by atoms with Gasteiger partial charge in [-0.3, -0.25) is 4.79 Å². The van der Waals surface area contributed by atoms with Crippen molar-refractivity contribution in [3.63, 3.8) is 0 Å². The topological polar surface area (TPSA) is 90.9 Å². The molecule has 5 nitrogen and oxygen atoms in total. The molecule has 6 heteroatoms. The van der Waals surface area contributed by atoms with Gasteiger partial charge in [-0.25, -0.2) is 0 Å². The fourth-order valence-electron chi connectivity index (χ4n) is 1.30. The highest BCUT2D eigenvalue weighted by molar-refractivity contribution is 7.17. The fourth-order valence-corrected chi connectivity index (χ4v) is 2.22. The minimum absolute atomic E-state index is 0.253. The number of amides is 1. The molecule has 0 saturated heterocycles. The summed E-state index contributed by atoms with van der Waals surface area (Å²) in [6.45, 7) is 4.86. The van der Waals surface area contributed by atoms with Gasteiger partial charge >= 0.3 is 0 Å². The number of nitrogens with zero attached hydrogens (tertiary/aromatic N) is 1. The Balaban J connectivity index is 3.11. The van der Waals surface area contributed by atoms with Gasteiger partial charge in [0, 0.05) is 13.6 Å². The molecule has 92 valence electrons. The summed E-state index contributed by atoms with van der Waals surface area (Å²) in [4.78, 5) is 12.1. The zero-order valence-corrected chi connectivity index (χ0v) is 10.9. The second-order valence-corrected chi connectivity index (χ2v) is 5.04. The number of thiophene rings is 1. The molecule has 4 N–H and O–H groups in total. The van der Waals surface area contributed by atoms with E-state index in [1.165, 1.54) is 18.4 Å². The van der Waals surface area contributed by atoms with Crippen LogP contribution in [0.2, 0.25) is 0 Å². The molecule has 0 unspecified atom stereocenters. The third-order valence-corrected chi connectivity index (χ3v) is 3.24. The Hall–Kier alpha value is -1.74. The maximum Gasteiger partial charge on any atom is 0.256 e. The van der Waals surface area contributed by atoms with E-state index in [0.29, 0.717) is 21.4 Å². The summed E-state index contributed by atoms with van der Waals surface area (Å²) < 4.78 is 0. The number of anilines is 2. The molecule has 0 aliphatic rings. The number of rotatable bonds is 4. The van der Waals surface area contributed by atoms with Crippen LogP contribution in [0.25, 0.3) is 0 Å². The van der Waals surface area contributed by atoms with Crippen LogP contribution in [0, 0.1) is 17.2 Å². The van der Waals surface area contributed by atoms with Crippen LogP contribution in [-0.2, 0) is 0 Å². The van der Waals surface area contributed by atoms with Crippen molar-refractivity contribution in [3.8, 4) is 6.07 Å². The van der Waals surface area contributed by atoms with Gasteiger partial charge < -0.3 is 16.4 Å². The molecule has 0 aromatic carbocycles. The molecule has 1 amide bonds. The summed E-state index contributed by atoms with van der Waals surface area (Å²) in [6, 6.07) is 2.00. The lowest BCUT2D eigenvalue weighted by molar-refractivity contribution is 0.0965. The second kappa shape index (κ2) is 5.55. The fraction of sp³-hybridized carbons (Fsp3) is 0.455. The number of nitriles is 1. The van der Waals surface area contributed by atoms with Gasteiger partial charge in [-0.05, 0) is 5.92 Å². The van der Waals surface area contributed by atoms with E-state index in [4.69, 9.17) is 11.0 Å². The summed E-state index contributed by atoms with van der Waals surface area (Å²) in [5, 5.41) is 15.2. The second-order valence-electron chi connectivity index (χ2n) is 4.01. The summed E-state index contributed by atoms with van der Waals surface area (Å²) in [6.07, 6.45) is 0. The molecule has 0 spiro atoms. The van der Waals surface area contributed by atoms with Crippen molar-refractivity contribution in [3.05, 3.63) is 10.4 Å². The van der Waals surface area contributed by atoms with Crippen LogP contribution >= 0.6 is 11.3 Å². The predicted molar refractivity (Wildman–Crippen MR) is 70.2 cm³/mol. The molecule has 1 rings (SSSR count). The number of hydrogen-bond donors (Lipinski definition) is 3. The van der Waals surface area contributed by atoms with E-state index in [9.17, 15) is 4.79 Å². The van der Waals surface area contributed by atoms with Crippen LogP contribution in [0.3, 0.4) is 0 Å². The highest BCUT2D eigenvalue weighted by atomic mass is 32.1. The molecular weight excluding hydrogens is 236 g/mol. The van der Waals surface area contributed by atoms with E-state index in [0.717, 1.165) is 6.54 Å². The molecule has 0 aliphatic carbocycles. The predicted octanol–water partition coefficient (Wildman–Crippen LogP) is 1.63. The van der Waals surface area contributed by atoms with Crippen LogP contribution in [0.1, 0.15) is 29.1 Å². The number of carbonyl (C=O) groups excluding carboxylic acids is 1. The lowest BCUT2D eigenvalue weighted by atomic mass is 10.2. The van der Waals surface area contributed by atoms with Crippen molar-refractivity contribution in [2.45, 2.75) is 13.8 Å². The molecule has 1 aromatic rings. The minimum Gasteiger partial charge on any atom is -0.396 e. The standard InChI is InChI=1S/C11H16N4OS/c1-6(2)5-15-11-8(10(16)14-3)9(13)7(4-12)17-11/h6,15H,5,13H2,1-3H3,(H,14,16). The maximum absolute atomic E-state index is 11.7. The summed E-state index contributed by atoms with van der Waals surface area (Å²) in [5.74, 6) is 0.174. The first-order valence-corrected chi connectivity index (χ1v) is 6.11. The van der Waals surface area contributed by atoms with Crippen LogP contribution in [0.15, 0.2) is 0 Å². The van der Waals surface area contributed by atoms with Crippen molar-refractivity contribution < 1.29 is 4.79 Å². The lowest BCUT2D eigenvalue weighted by Gasteiger charge is -2.09. The molecule has 0 radical (unpaired) electrons. The minimum atomic E-state index is -0.272. The Bertz CT molecular complexity index is 459. The van der Waals surface area contributed by atoms with Gasteiger partial charge in [-0.1, -0.05) is 13.8 Å². The number of nitrogens with one attached hydrogen (secondary N) is 2. The molecule has 0 aliphatic heterocycles. The molecular formula is C11H16N4OS. The molecule has 0 bridgehead atoms. The van der Waals surface area contributed by atoms with E-state index in [-0.39, 0.29) is 11.6 Å². The smallest absolute Gasteiger partial charge is 0.256 e. The van der Waals surface area contributed by atoms with Crippen molar-refractivity contribution in [2.75, 3.05) is 24.6 Å². The summed E-state index contributed by atoms with van der Waals surface area (Å²) in [7, 11) is 1.54. The van der Waals surface area contributed by atoms with Crippen molar-refractivity contribution >= 4 is 27.9 Å². The number of nitrogens with two attached hydrogens (primary N) is 1. The first kappa shape index (κ1) is 13.3. The van der Waals surface area contributed by atoms with E-state index in [1.54, 1.807) is 0 Å². The zero-order chi connectivity index (χ0) is 13.0. The van der Waals surface area contributed by atoms with Gasteiger partial charge in [0.2, 0.25) is 0 Å². The Morgan fingerprint density at radius 2 is 2.24 bits per heavy atom. The average molecular weight is 252 g/mol. The van der Waals surface area contributed by atoms with Crippen molar-refractivity contribution in [2.24, 2.45) is 5.92 Å². The molecule has 0 saturated carbocycles. The lowest BCUT2D eigenvalue weighted by Crippen LogP contribution is -2.20. The number of carbonyl (C=O) groups is 1. The van der Waals surface area contributed by atoms with Gasteiger partial charge in [-0.2, -0.15) is 5.26 Å². The molecule has 0 atom stereocenters. The monoisotopic (exact) mass is 252 g/mol. The van der Waals surface area contributed by atoms with Crippen LogP contribution < -0.4 is 16.4 Å². The van der Waals surface area contributed by atoms with Gasteiger partial charge in [0.1, 0.15) is 15.9 Å². The Morgan fingerprint density at radius 1 is 1.59 bits per heavy atom. The quantitative estimate of drug-likeness (QED) is 0.759. The van der Waals surface area contributed by atoms with E-state index < -0.39 is 0 Å². The summed E-state index contributed by atoms with van der Waals surface area (Å²) in [5.41, 5.74) is 6.41. The third-order valence-electron chi connectivity index (χ3n) is 2.17. The molecule has 1 heterocycles. The van der Waals surface area contributed by atoms with E-state index in [1.807, 2.05) is 6.07 Å². The van der Waals surface area contributed by atoms with E-state index in [2.05, 4.69) is 24.5 Å². The van der Waals surface area contributed by atoms with E-state index >= 15 is 0 Å². The van der Waals surface area contributed by atoms with Gasteiger partial charge in [-0.15, -0.1) is 11.3 Å². The molecule has 0 fully saturated rings. The Labute approximate surface area is 105 Å². The van der Waals surface area contributed by atoms with Crippen LogP contribution in [0.5, 0.6) is 0 Å². The first-order chi connectivity index (χ1) is 8.01. The maximum atomic E-state index is 11.7. The van der Waals surface area contributed by atoms with Gasteiger partial charge in [0.05, 0.1) is 11.3 Å². The zero-order valence-electron chi connectivity index (χ0n) is 10.1. The van der Waals surface area contributed by atoms with Crippen molar-refractivity contribution in [1.82, 2.24) is 5.32 Å². The molecule has 1 aromatic heterocycles. The highest BCUT2D eigenvalue weighted by Crippen LogP contribution is 2.35. The average Bonchev–Trinajstić information content (AvgIpc) is 2.62. The largest absolute Gasteiger partial charge is 0.396 e. The normalized spacial score (nSPS) is 10.1. The third kappa shape index (κ3) is 2.88. The highest BCUT2D eigenvalue weighted by Gasteiger charge is 2.21. The van der Waals surface area contributed by atoms with Crippen LogP contribution in [0.4, 0.5) is 10.7 Å². The van der Waals surface area contributed by atoms with Gasteiger partial charge in [0.25, 0.3) is 5.91 Å². The number of hydrogen-bond acceptors (Lipinski definition) is 5. The molecule has 17 heavy (non-hydrogen) atoms.